The molecule has 0 saturated heterocycles. The first-order valence-corrected chi connectivity index (χ1v) is 7.68. The average Bonchev–Trinajstić information content (AvgIpc) is 2.39. The van der Waals surface area contributed by atoms with E-state index in [0.717, 1.165) is 0 Å². The van der Waals surface area contributed by atoms with Crippen LogP contribution in [0.25, 0.3) is 0 Å². The van der Waals surface area contributed by atoms with Crippen molar-refractivity contribution in [2.24, 2.45) is 0 Å². The summed E-state index contributed by atoms with van der Waals surface area (Å²) in [6.45, 7) is 0.520. The van der Waals surface area contributed by atoms with E-state index in [0.29, 0.717) is 11.4 Å². The van der Waals surface area contributed by atoms with Gasteiger partial charge in [0.15, 0.2) is 0 Å². The normalized spacial score (nSPS) is 14.8. The molecule has 0 fully saturated rings. The number of hydrogen-bond acceptors (Lipinski definition) is 6. The summed E-state index contributed by atoms with van der Waals surface area (Å²) < 4.78 is 30.7. The van der Waals surface area contributed by atoms with E-state index in [4.69, 9.17) is 15.6 Å². The van der Waals surface area contributed by atoms with E-state index in [1.54, 1.807) is 24.3 Å². The van der Waals surface area contributed by atoms with Crippen molar-refractivity contribution in [1.82, 2.24) is 4.72 Å². The summed E-state index contributed by atoms with van der Waals surface area (Å²) in [5, 5.41) is 18.3. The molecule has 0 spiro atoms. The van der Waals surface area contributed by atoms with Crippen molar-refractivity contribution < 1.29 is 23.4 Å². The molecule has 1 atom stereocenters. The van der Waals surface area contributed by atoms with Crippen LogP contribution >= 0.6 is 0 Å². The van der Waals surface area contributed by atoms with Crippen molar-refractivity contribution in [3.63, 3.8) is 0 Å². The Morgan fingerprint density at radius 3 is 2.50 bits per heavy atom. The van der Waals surface area contributed by atoms with Crippen LogP contribution in [0.2, 0.25) is 0 Å². The molecular formula is C12H20N2O5S. The highest BCUT2D eigenvalue weighted by Gasteiger charge is 2.22. The third kappa shape index (κ3) is 6.20. The summed E-state index contributed by atoms with van der Waals surface area (Å²) in [5.74, 6) is 0.274. The van der Waals surface area contributed by atoms with Crippen molar-refractivity contribution >= 4 is 15.7 Å². The number of nitrogens with two attached hydrogens (primary N) is 1. The zero-order valence-corrected chi connectivity index (χ0v) is 12.1. The van der Waals surface area contributed by atoms with Gasteiger partial charge < -0.3 is 20.7 Å². The molecule has 0 radical (unpaired) electrons. The van der Waals surface area contributed by atoms with Gasteiger partial charge in [0.2, 0.25) is 10.0 Å². The number of nitrogen functional groups attached to an aromatic ring is 1. The van der Waals surface area contributed by atoms with Crippen LogP contribution < -0.4 is 15.2 Å². The first-order valence-electron chi connectivity index (χ1n) is 6.03. The second-order valence-corrected chi connectivity index (χ2v) is 6.64. The highest BCUT2D eigenvalue weighted by Crippen LogP contribution is 2.12. The molecule has 1 aromatic carbocycles. The molecule has 1 unspecified atom stereocenters. The zero-order valence-electron chi connectivity index (χ0n) is 11.2. The maximum absolute atomic E-state index is 11.6. The number of nitrogens with one attached hydrogen (secondary N) is 1. The van der Waals surface area contributed by atoms with Gasteiger partial charge in [-0.1, -0.05) is 0 Å². The van der Waals surface area contributed by atoms with E-state index < -0.39 is 22.2 Å². The predicted molar refractivity (Wildman–Crippen MR) is 75.8 cm³/mol. The van der Waals surface area contributed by atoms with Crippen molar-refractivity contribution in [3.05, 3.63) is 24.3 Å². The molecule has 0 aromatic heterocycles. The van der Waals surface area contributed by atoms with Gasteiger partial charge in [-0.05, 0) is 31.2 Å². The molecule has 0 bridgehead atoms. The minimum atomic E-state index is -3.57. The third-order valence-electron chi connectivity index (χ3n) is 2.51. The van der Waals surface area contributed by atoms with Gasteiger partial charge in [-0.25, -0.2) is 13.1 Å². The lowest BCUT2D eigenvalue weighted by molar-refractivity contribution is 0.00680. The van der Waals surface area contributed by atoms with E-state index in [-0.39, 0.29) is 18.9 Å². The van der Waals surface area contributed by atoms with Crippen LogP contribution in [0.15, 0.2) is 24.3 Å². The molecule has 0 aliphatic rings. The van der Waals surface area contributed by atoms with Crippen LogP contribution in [0.3, 0.4) is 0 Å². The summed E-state index contributed by atoms with van der Waals surface area (Å²) >= 11 is 0. The van der Waals surface area contributed by atoms with E-state index in [1.165, 1.54) is 6.92 Å². The lowest BCUT2D eigenvalue weighted by atomic mass is 10.1. The van der Waals surface area contributed by atoms with Gasteiger partial charge in [0.1, 0.15) is 12.4 Å². The first-order chi connectivity index (χ1) is 9.24. The summed E-state index contributed by atoms with van der Waals surface area (Å²) in [4.78, 5) is 0. The molecular weight excluding hydrogens is 284 g/mol. The SMILES string of the molecule is CC(O)(CO)CNS(=O)(=O)CCOc1ccc(N)cc1. The summed E-state index contributed by atoms with van der Waals surface area (Å²) in [5.41, 5.74) is 4.63. The molecule has 114 valence electrons. The molecule has 20 heavy (non-hydrogen) atoms. The fraction of sp³-hybridized carbons (Fsp3) is 0.500. The predicted octanol–water partition coefficient (Wildman–Crippen LogP) is -0.690. The Bertz CT molecular complexity index is 513. The quantitative estimate of drug-likeness (QED) is 0.472. The fourth-order valence-electron chi connectivity index (χ4n) is 1.23. The molecule has 1 rings (SSSR count). The lowest BCUT2D eigenvalue weighted by Crippen LogP contribution is -2.44. The molecule has 0 aliphatic carbocycles. The minimum absolute atomic E-state index is 0.0273. The first kappa shape index (κ1) is 16.7. The van der Waals surface area contributed by atoms with Gasteiger partial charge in [0, 0.05) is 12.2 Å². The van der Waals surface area contributed by atoms with Crippen LogP contribution in [0.1, 0.15) is 6.92 Å². The zero-order chi connectivity index (χ0) is 15.2. The van der Waals surface area contributed by atoms with Crippen molar-refractivity contribution in [2.45, 2.75) is 12.5 Å². The van der Waals surface area contributed by atoms with E-state index in [9.17, 15) is 13.5 Å². The Kier molecular flexibility index (Phi) is 5.75. The number of benzene rings is 1. The van der Waals surface area contributed by atoms with Gasteiger partial charge >= 0.3 is 0 Å². The Morgan fingerprint density at radius 2 is 1.95 bits per heavy atom. The fourth-order valence-corrected chi connectivity index (χ4v) is 2.20. The molecule has 5 N–H and O–H groups in total. The summed E-state index contributed by atoms with van der Waals surface area (Å²) in [6.07, 6.45) is 0. The molecule has 8 heteroatoms. The highest BCUT2D eigenvalue weighted by molar-refractivity contribution is 7.89. The summed E-state index contributed by atoms with van der Waals surface area (Å²) in [6, 6.07) is 6.60. The lowest BCUT2D eigenvalue weighted by Gasteiger charge is -2.20. The maximum Gasteiger partial charge on any atom is 0.215 e. The number of aliphatic hydroxyl groups is 2. The van der Waals surface area contributed by atoms with Gasteiger partial charge in [-0.15, -0.1) is 0 Å². The highest BCUT2D eigenvalue weighted by atomic mass is 32.2. The van der Waals surface area contributed by atoms with Crippen LogP contribution in [0.5, 0.6) is 5.75 Å². The van der Waals surface area contributed by atoms with Gasteiger partial charge in [0.25, 0.3) is 0 Å². The number of hydrogen-bond donors (Lipinski definition) is 4. The van der Waals surface area contributed by atoms with Crippen LogP contribution in [0, 0.1) is 0 Å². The smallest absolute Gasteiger partial charge is 0.215 e. The van der Waals surface area contributed by atoms with Crippen LogP contribution in [-0.4, -0.2) is 49.7 Å². The largest absolute Gasteiger partial charge is 0.492 e. The summed E-state index contributed by atoms with van der Waals surface area (Å²) in [7, 11) is -3.57. The standard InChI is InChI=1S/C12H20N2O5S/c1-12(16,9-15)8-14-20(17,18)7-6-19-11-4-2-10(13)3-5-11/h2-5,14-16H,6-9,13H2,1H3. The average molecular weight is 304 g/mol. The van der Waals surface area contributed by atoms with E-state index in [2.05, 4.69) is 4.72 Å². The minimum Gasteiger partial charge on any atom is -0.492 e. The maximum atomic E-state index is 11.6. The van der Waals surface area contributed by atoms with Crippen molar-refractivity contribution in [3.8, 4) is 5.75 Å². The number of rotatable bonds is 8. The monoisotopic (exact) mass is 304 g/mol. The topological polar surface area (TPSA) is 122 Å². The number of sulfonamides is 1. The molecule has 0 aliphatic heterocycles. The van der Waals surface area contributed by atoms with Crippen molar-refractivity contribution in [2.75, 3.05) is 31.2 Å². The Hall–Kier alpha value is -1.35. The van der Waals surface area contributed by atoms with Gasteiger partial charge in [-0.3, -0.25) is 0 Å². The third-order valence-corrected chi connectivity index (χ3v) is 3.80. The van der Waals surface area contributed by atoms with Crippen molar-refractivity contribution in [1.29, 1.82) is 0 Å². The molecule has 0 amide bonds. The molecule has 7 nitrogen and oxygen atoms in total. The number of aliphatic hydroxyl groups excluding tert-OH is 1. The molecule has 1 aromatic rings. The van der Waals surface area contributed by atoms with Crippen LogP contribution in [-0.2, 0) is 10.0 Å². The van der Waals surface area contributed by atoms with Crippen LogP contribution in [0.4, 0.5) is 5.69 Å². The molecule has 0 saturated carbocycles. The molecule has 0 heterocycles. The Balaban J connectivity index is 2.38. The van der Waals surface area contributed by atoms with Gasteiger partial charge in [-0.2, -0.15) is 0 Å². The van der Waals surface area contributed by atoms with E-state index in [1.807, 2.05) is 0 Å². The van der Waals surface area contributed by atoms with Gasteiger partial charge in [0.05, 0.1) is 18.0 Å². The van der Waals surface area contributed by atoms with E-state index >= 15 is 0 Å². The second kappa shape index (κ2) is 6.89. The number of anilines is 1. The number of ether oxygens (including phenoxy) is 1. The Morgan fingerprint density at radius 1 is 1.35 bits per heavy atom. The second-order valence-electron chi connectivity index (χ2n) is 4.71. The Labute approximate surface area is 118 Å².